The largest absolute Gasteiger partial charge is 0.340 e. The van der Waals surface area contributed by atoms with E-state index in [0.717, 1.165) is 37.2 Å². The number of para-hydroxylation sites is 2. The Morgan fingerprint density at radius 2 is 1.39 bits per heavy atom. The number of benzene rings is 2. The number of aryl methyl sites for hydroxylation is 2. The van der Waals surface area contributed by atoms with Gasteiger partial charge < -0.3 is 4.90 Å². The minimum absolute atomic E-state index is 0.945. The zero-order chi connectivity index (χ0) is 21.0. The molecule has 0 N–H and O–H groups in total. The number of unbranched alkanes of at least 4 members (excludes halogenated alkanes) is 1. The Balaban J connectivity index is 1.26. The Labute approximate surface area is 188 Å². The van der Waals surface area contributed by atoms with Gasteiger partial charge >= 0.3 is 0 Å². The van der Waals surface area contributed by atoms with Crippen LogP contribution >= 0.6 is 11.8 Å². The van der Waals surface area contributed by atoms with Gasteiger partial charge in [-0.15, -0.1) is 0 Å². The molecule has 0 unspecified atom stereocenters. The molecule has 2 aromatic carbocycles. The fourth-order valence-electron chi connectivity index (χ4n) is 4.07. The van der Waals surface area contributed by atoms with E-state index in [-0.39, 0.29) is 0 Å². The molecule has 0 saturated carbocycles. The van der Waals surface area contributed by atoms with Gasteiger partial charge in [-0.2, -0.15) is 0 Å². The van der Waals surface area contributed by atoms with Crippen LogP contribution in [0.1, 0.15) is 24.0 Å². The standard InChI is InChI=1S/C27H25N3S/c1-20-13-15-28-22(18-20)23-19-21(14-16-29-23)8-6-7-17-30-24-9-2-4-11-26(24)31-27-12-5-3-10-25(27)30/h2-5,9-16,18-19H,6-8,17H2,1H3. The first-order chi connectivity index (χ1) is 15.3. The first-order valence-corrected chi connectivity index (χ1v) is 11.6. The Hall–Kier alpha value is -3.11. The molecule has 5 rings (SSSR count). The predicted octanol–water partition coefficient (Wildman–Crippen LogP) is 7.08. The number of fused-ring (bicyclic) bond motifs is 2. The summed E-state index contributed by atoms with van der Waals surface area (Å²) >= 11 is 1.87. The molecule has 0 saturated heterocycles. The molecule has 0 atom stereocenters. The normalized spacial score (nSPS) is 12.4. The fourth-order valence-corrected chi connectivity index (χ4v) is 5.16. The van der Waals surface area contributed by atoms with E-state index in [1.807, 2.05) is 30.2 Å². The van der Waals surface area contributed by atoms with Crippen LogP contribution in [0.5, 0.6) is 0 Å². The minimum Gasteiger partial charge on any atom is -0.340 e. The van der Waals surface area contributed by atoms with Gasteiger partial charge in [0.25, 0.3) is 0 Å². The summed E-state index contributed by atoms with van der Waals surface area (Å²) in [6.45, 7) is 3.11. The van der Waals surface area contributed by atoms with Crippen LogP contribution < -0.4 is 4.90 Å². The molecule has 4 aromatic rings. The quantitative estimate of drug-likeness (QED) is 0.310. The second-order valence-electron chi connectivity index (χ2n) is 7.91. The molecule has 0 amide bonds. The predicted molar refractivity (Wildman–Crippen MR) is 129 cm³/mol. The summed E-state index contributed by atoms with van der Waals surface area (Å²) in [5, 5.41) is 0. The van der Waals surface area contributed by atoms with Crippen LogP contribution in [0, 0.1) is 6.92 Å². The summed E-state index contributed by atoms with van der Waals surface area (Å²) in [7, 11) is 0. The Kier molecular flexibility index (Phi) is 5.72. The van der Waals surface area contributed by atoms with E-state index in [4.69, 9.17) is 0 Å². The van der Waals surface area contributed by atoms with Crippen LogP contribution in [-0.2, 0) is 6.42 Å². The lowest BCUT2D eigenvalue weighted by atomic mass is 10.1. The third-order valence-corrected chi connectivity index (χ3v) is 6.76. The van der Waals surface area contributed by atoms with Crippen LogP contribution in [-0.4, -0.2) is 16.5 Å². The van der Waals surface area contributed by atoms with E-state index < -0.39 is 0 Å². The molecule has 4 heteroatoms. The molecular formula is C27H25N3S. The molecule has 31 heavy (non-hydrogen) atoms. The average Bonchev–Trinajstić information content (AvgIpc) is 2.81. The summed E-state index contributed by atoms with van der Waals surface area (Å²) < 4.78 is 0. The van der Waals surface area contributed by atoms with Gasteiger partial charge in [0.05, 0.1) is 22.8 Å². The van der Waals surface area contributed by atoms with Gasteiger partial charge in [-0.1, -0.05) is 36.0 Å². The highest BCUT2D eigenvalue weighted by Gasteiger charge is 2.22. The Bertz CT molecular complexity index is 1160. The third kappa shape index (κ3) is 4.35. The number of anilines is 2. The van der Waals surface area contributed by atoms with Gasteiger partial charge in [0, 0.05) is 28.7 Å². The van der Waals surface area contributed by atoms with Crippen LogP contribution in [0.15, 0.2) is 95.0 Å². The summed E-state index contributed by atoms with van der Waals surface area (Å²) in [5.41, 5.74) is 7.07. The van der Waals surface area contributed by atoms with Crippen molar-refractivity contribution in [1.82, 2.24) is 9.97 Å². The van der Waals surface area contributed by atoms with E-state index in [9.17, 15) is 0 Å². The third-order valence-electron chi connectivity index (χ3n) is 5.63. The van der Waals surface area contributed by atoms with Gasteiger partial charge in [0.1, 0.15) is 0 Å². The molecule has 1 aliphatic rings. The highest BCUT2D eigenvalue weighted by atomic mass is 32.2. The van der Waals surface area contributed by atoms with Crippen LogP contribution in [0.2, 0.25) is 0 Å². The zero-order valence-corrected chi connectivity index (χ0v) is 18.5. The van der Waals surface area contributed by atoms with E-state index in [1.54, 1.807) is 0 Å². The van der Waals surface area contributed by atoms with Crippen molar-refractivity contribution in [3.63, 3.8) is 0 Å². The van der Waals surface area contributed by atoms with E-state index in [1.165, 1.54) is 32.3 Å². The lowest BCUT2D eigenvalue weighted by Gasteiger charge is -2.32. The molecule has 0 aliphatic carbocycles. The maximum Gasteiger partial charge on any atom is 0.0888 e. The maximum absolute atomic E-state index is 4.53. The van der Waals surface area contributed by atoms with Gasteiger partial charge in [-0.05, 0) is 85.8 Å². The fraction of sp³-hybridized carbons (Fsp3) is 0.185. The van der Waals surface area contributed by atoms with E-state index in [0.29, 0.717) is 0 Å². The second kappa shape index (κ2) is 8.94. The molecule has 3 nitrogen and oxygen atoms in total. The maximum atomic E-state index is 4.53. The minimum atomic E-state index is 0.945. The molecule has 154 valence electrons. The number of rotatable bonds is 6. The summed E-state index contributed by atoms with van der Waals surface area (Å²) in [5.74, 6) is 0. The molecular weight excluding hydrogens is 398 g/mol. The molecule has 0 bridgehead atoms. The zero-order valence-electron chi connectivity index (χ0n) is 17.7. The van der Waals surface area contributed by atoms with Crippen LogP contribution in [0.4, 0.5) is 11.4 Å². The number of hydrogen-bond acceptors (Lipinski definition) is 4. The van der Waals surface area contributed by atoms with Crippen molar-refractivity contribution in [1.29, 1.82) is 0 Å². The second-order valence-corrected chi connectivity index (χ2v) is 9.00. The van der Waals surface area contributed by atoms with E-state index in [2.05, 4.69) is 88.5 Å². The van der Waals surface area contributed by atoms with Crippen molar-refractivity contribution in [3.05, 3.63) is 96.3 Å². The summed E-state index contributed by atoms with van der Waals surface area (Å²) in [6, 6.07) is 25.9. The SMILES string of the molecule is Cc1ccnc(-c2cc(CCCCN3c4ccccc4Sc4ccccc43)ccn2)c1. The summed E-state index contributed by atoms with van der Waals surface area (Å²) in [4.78, 5) is 14.2. The lowest BCUT2D eigenvalue weighted by molar-refractivity contribution is 0.726. The smallest absolute Gasteiger partial charge is 0.0888 e. The Morgan fingerprint density at radius 1 is 0.742 bits per heavy atom. The number of aromatic nitrogens is 2. The average molecular weight is 424 g/mol. The number of pyridine rings is 2. The first kappa shape index (κ1) is 19.8. The van der Waals surface area contributed by atoms with Crippen molar-refractivity contribution >= 4 is 23.1 Å². The Morgan fingerprint density at radius 3 is 2.10 bits per heavy atom. The topological polar surface area (TPSA) is 29.0 Å². The molecule has 0 fully saturated rings. The van der Waals surface area contributed by atoms with Crippen LogP contribution in [0.3, 0.4) is 0 Å². The monoisotopic (exact) mass is 423 g/mol. The van der Waals surface area contributed by atoms with Gasteiger partial charge in [0.15, 0.2) is 0 Å². The molecule has 0 spiro atoms. The van der Waals surface area contributed by atoms with Crippen molar-refractivity contribution in [2.45, 2.75) is 36.0 Å². The molecule has 3 heterocycles. The highest BCUT2D eigenvalue weighted by molar-refractivity contribution is 7.99. The van der Waals surface area contributed by atoms with Gasteiger partial charge in [-0.25, -0.2) is 0 Å². The van der Waals surface area contributed by atoms with Crippen molar-refractivity contribution < 1.29 is 0 Å². The number of nitrogens with zero attached hydrogens (tertiary/aromatic N) is 3. The molecule has 0 radical (unpaired) electrons. The summed E-state index contributed by atoms with van der Waals surface area (Å²) in [6.07, 6.45) is 7.08. The first-order valence-electron chi connectivity index (χ1n) is 10.8. The van der Waals surface area contributed by atoms with Crippen molar-refractivity contribution in [2.24, 2.45) is 0 Å². The number of hydrogen-bond donors (Lipinski definition) is 0. The molecule has 2 aromatic heterocycles. The van der Waals surface area contributed by atoms with Crippen LogP contribution in [0.25, 0.3) is 11.4 Å². The van der Waals surface area contributed by atoms with Crippen molar-refractivity contribution in [2.75, 3.05) is 11.4 Å². The van der Waals surface area contributed by atoms with E-state index >= 15 is 0 Å². The lowest BCUT2D eigenvalue weighted by Crippen LogP contribution is -2.22. The van der Waals surface area contributed by atoms with Gasteiger partial charge in [-0.3, -0.25) is 9.97 Å². The highest BCUT2D eigenvalue weighted by Crippen LogP contribution is 2.47. The molecule has 1 aliphatic heterocycles. The van der Waals surface area contributed by atoms with Gasteiger partial charge in [0.2, 0.25) is 0 Å². The van der Waals surface area contributed by atoms with Crippen molar-refractivity contribution in [3.8, 4) is 11.4 Å².